The molecule has 3 atom stereocenters. The molecule has 2 aromatic carbocycles. The number of aliphatic imine (C=N–C) groups is 1. The Labute approximate surface area is 230 Å². The van der Waals surface area contributed by atoms with Crippen LogP contribution in [0.5, 0.6) is 11.5 Å². The van der Waals surface area contributed by atoms with E-state index < -0.39 is 0 Å². The molecule has 2 fully saturated rings. The van der Waals surface area contributed by atoms with Crippen LogP contribution in [0.15, 0.2) is 41.4 Å². The number of likely N-dealkylation sites (N-methyl/N-ethyl adjacent to an activating group) is 1. The lowest BCUT2D eigenvalue weighted by molar-refractivity contribution is -0.130. The molecule has 2 aliphatic heterocycles. The molecule has 3 aliphatic rings. The third-order valence-electron chi connectivity index (χ3n) is 8.21. The number of benzene rings is 2. The summed E-state index contributed by atoms with van der Waals surface area (Å²) < 4.78 is 11.2. The molecule has 1 saturated heterocycles. The molecule has 2 amide bonds. The fraction of sp³-hybridized carbons (Fsp3) is 0.500. The Morgan fingerprint density at radius 1 is 1.00 bits per heavy atom. The van der Waals surface area contributed by atoms with E-state index in [0.29, 0.717) is 56.2 Å². The molecule has 9 nitrogen and oxygen atoms in total. The van der Waals surface area contributed by atoms with Gasteiger partial charge in [-0.15, -0.1) is 0 Å². The summed E-state index contributed by atoms with van der Waals surface area (Å²) in [5.41, 5.74) is 4.55. The van der Waals surface area contributed by atoms with Crippen molar-refractivity contribution in [1.82, 2.24) is 14.7 Å². The highest BCUT2D eigenvalue weighted by atomic mass is 16.5. The van der Waals surface area contributed by atoms with E-state index in [1.807, 2.05) is 41.3 Å². The van der Waals surface area contributed by atoms with Crippen LogP contribution < -0.4 is 9.47 Å². The number of carbonyl (C=O) groups is 2. The van der Waals surface area contributed by atoms with Gasteiger partial charge in [0, 0.05) is 62.9 Å². The van der Waals surface area contributed by atoms with Gasteiger partial charge in [-0.3, -0.25) is 19.5 Å². The molecule has 1 aliphatic carbocycles. The highest BCUT2D eigenvalue weighted by Gasteiger charge is 2.37. The predicted molar refractivity (Wildman–Crippen MR) is 149 cm³/mol. The standard InChI is InChI=1S/C30H38N4O5/c1-32(2)28(36)18-33-11-13-34(14-12-33)30(37)20-7-5-19(6-8-20)29-24-17-27(39-4)26(38-3)16-22(24)23-15-21(35)9-10-25(23)31-29/h5-8,16-17,21,23,25,35H,9-15,18H2,1-4H3. The molecule has 1 N–H and O–H groups in total. The van der Waals surface area contributed by atoms with Crippen LogP contribution in [0.4, 0.5) is 0 Å². The number of methoxy groups -OCH3 is 2. The maximum absolute atomic E-state index is 13.2. The highest BCUT2D eigenvalue weighted by molar-refractivity contribution is 6.15. The van der Waals surface area contributed by atoms with E-state index in [4.69, 9.17) is 14.5 Å². The molecule has 1 saturated carbocycles. The fourth-order valence-electron chi connectivity index (χ4n) is 5.89. The van der Waals surface area contributed by atoms with Crippen molar-refractivity contribution >= 4 is 17.5 Å². The van der Waals surface area contributed by atoms with Gasteiger partial charge >= 0.3 is 0 Å². The second kappa shape index (κ2) is 11.4. The van der Waals surface area contributed by atoms with Crippen LogP contribution in [0.2, 0.25) is 0 Å². The third-order valence-corrected chi connectivity index (χ3v) is 8.21. The topological polar surface area (TPSA) is 94.9 Å². The molecular formula is C30H38N4O5. The van der Waals surface area contributed by atoms with Gasteiger partial charge in [-0.25, -0.2) is 0 Å². The molecule has 5 rings (SSSR count). The van der Waals surface area contributed by atoms with Crippen LogP contribution >= 0.6 is 0 Å². The van der Waals surface area contributed by atoms with Gasteiger partial charge in [0.15, 0.2) is 11.5 Å². The van der Waals surface area contributed by atoms with Gasteiger partial charge in [-0.2, -0.15) is 0 Å². The number of fused-ring (bicyclic) bond motifs is 3. The number of nitrogens with zero attached hydrogens (tertiary/aromatic N) is 4. The van der Waals surface area contributed by atoms with E-state index in [2.05, 4.69) is 4.90 Å². The number of rotatable bonds is 6. The Morgan fingerprint density at radius 2 is 1.67 bits per heavy atom. The van der Waals surface area contributed by atoms with Crippen LogP contribution in [0.3, 0.4) is 0 Å². The first-order chi connectivity index (χ1) is 18.8. The number of hydrogen-bond donors (Lipinski definition) is 1. The van der Waals surface area contributed by atoms with Crippen molar-refractivity contribution < 1.29 is 24.2 Å². The van der Waals surface area contributed by atoms with Gasteiger partial charge in [0.2, 0.25) is 5.91 Å². The molecule has 9 heteroatoms. The first-order valence-corrected chi connectivity index (χ1v) is 13.6. The lowest BCUT2D eigenvalue weighted by atomic mass is 9.74. The first kappa shape index (κ1) is 27.1. The third kappa shape index (κ3) is 5.51. The summed E-state index contributed by atoms with van der Waals surface area (Å²) in [5.74, 6) is 1.50. The van der Waals surface area contributed by atoms with Crippen molar-refractivity contribution in [2.75, 3.05) is 61.0 Å². The Hall–Kier alpha value is -3.43. The largest absolute Gasteiger partial charge is 0.493 e. The minimum atomic E-state index is -0.329. The zero-order chi connectivity index (χ0) is 27.7. The molecule has 0 bridgehead atoms. The van der Waals surface area contributed by atoms with E-state index >= 15 is 0 Å². The van der Waals surface area contributed by atoms with Crippen LogP contribution in [-0.4, -0.2) is 111 Å². The number of hydrogen-bond acceptors (Lipinski definition) is 7. The highest BCUT2D eigenvalue weighted by Crippen LogP contribution is 2.44. The van der Waals surface area contributed by atoms with Crippen LogP contribution in [0, 0.1) is 0 Å². The van der Waals surface area contributed by atoms with E-state index in [-0.39, 0.29) is 29.9 Å². The molecule has 0 spiro atoms. The molecule has 2 aromatic rings. The van der Waals surface area contributed by atoms with Gasteiger partial charge in [-0.05, 0) is 49.1 Å². The molecule has 0 aromatic heterocycles. The molecule has 0 radical (unpaired) electrons. The summed E-state index contributed by atoms with van der Waals surface area (Å²) in [6.07, 6.45) is 1.91. The lowest BCUT2D eigenvalue weighted by Gasteiger charge is -2.37. The monoisotopic (exact) mass is 534 g/mol. The normalized spacial score (nSPS) is 22.8. The Kier molecular flexibility index (Phi) is 7.91. The zero-order valence-corrected chi connectivity index (χ0v) is 23.2. The van der Waals surface area contributed by atoms with E-state index in [9.17, 15) is 14.7 Å². The number of amides is 2. The lowest BCUT2D eigenvalue weighted by Crippen LogP contribution is -2.51. The summed E-state index contributed by atoms with van der Waals surface area (Å²) in [6.45, 7) is 2.93. The maximum atomic E-state index is 13.2. The van der Waals surface area contributed by atoms with Crippen molar-refractivity contribution in [2.45, 2.75) is 37.3 Å². The number of piperazine rings is 1. The summed E-state index contributed by atoms with van der Waals surface area (Å²) in [6, 6.07) is 11.8. The van der Waals surface area contributed by atoms with Gasteiger partial charge in [0.1, 0.15) is 0 Å². The maximum Gasteiger partial charge on any atom is 0.253 e. The van der Waals surface area contributed by atoms with E-state index in [1.54, 1.807) is 33.2 Å². The average Bonchev–Trinajstić information content (AvgIpc) is 2.96. The first-order valence-electron chi connectivity index (χ1n) is 13.6. The predicted octanol–water partition coefficient (Wildman–Crippen LogP) is 2.40. The summed E-state index contributed by atoms with van der Waals surface area (Å²) in [4.78, 5) is 36.0. The van der Waals surface area contributed by atoms with Gasteiger partial charge in [0.25, 0.3) is 5.91 Å². The van der Waals surface area contributed by atoms with Crippen molar-refractivity contribution in [2.24, 2.45) is 4.99 Å². The zero-order valence-electron chi connectivity index (χ0n) is 23.2. The quantitative estimate of drug-likeness (QED) is 0.612. The van der Waals surface area contributed by atoms with Gasteiger partial charge in [0.05, 0.1) is 38.6 Å². The van der Waals surface area contributed by atoms with Crippen molar-refractivity contribution in [1.29, 1.82) is 0 Å². The van der Waals surface area contributed by atoms with Gasteiger partial charge < -0.3 is 24.4 Å². The Bertz CT molecular complexity index is 1250. The molecule has 2 heterocycles. The second-order valence-electron chi connectivity index (χ2n) is 10.8. The summed E-state index contributed by atoms with van der Waals surface area (Å²) >= 11 is 0. The van der Waals surface area contributed by atoms with Crippen LogP contribution in [0.1, 0.15) is 52.2 Å². The SMILES string of the molecule is COc1cc2c(cc1OC)C1CC(O)CCC1N=C2c1ccc(C(=O)N2CCN(CC(=O)N(C)C)CC2)cc1. The molecule has 39 heavy (non-hydrogen) atoms. The minimum Gasteiger partial charge on any atom is -0.493 e. The number of carbonyl (C=O) groups excluding carboxylic acids is 2. The summed E-state index contributed by atoms with van der Waals surface area (Å²) in [5, 5.41) is 10.4. The number of ether oxygens (including phenoxy) is 2. The summed E-state index contributed by atoms with van der Waals surface area (Å²) in [7, 11) is 6.77. The van der Waals surface area contributed by atoms with E-state index in [0.717, 1.165) is 35.2 Å². The van der Waals surface area contributed by atoms with Crippen molar-refractivity contribution in [3.63, 3.8) is 0 Å². The average molecular weight is 535 g/mol. The van der Waals surface area contributed by atoms with E-state index in [1.165, 1.54) is 0 Å². The minimum absolute atomic E-state index is 0.00106. The molecule has 208 valence electrons. The number of aliphatic hydroxyl groups excluding tert-OH is 1. The second-order valence-corrected chi connectivity index (χ2v) is 10.8. The fourth-order valence-corrected chi connectivity index (χ4v) is 5.89. The Morgan fingerprint density at radius 3 is 2.31 bits per heavy atom. The van der Waals surface area contributed by atoms with Crippen LogP contribution in [0.25, 0.3) is 0 Å². The smallest absolute Gasteiger partial charge is 0.253 e. The van der Waals surface area contributed by atoms with Crippen molar-refractivity contribution in [3.8, 4) is 11.5 Å². The van der Waals surface area contributed by atoms with Crippen molar-refractivity contribution in [3.05, 3.63) is 58.7 Å². The van der Waals surface area contributed by atoms with Gasteiger partial charge in [-0.1, -0.05) is 12.1 Å². The van der Waals surface area contributed by atoms with Crippen LogP contribution in [-0.2, 0) is 4.79 Å². The molecular weight excluding hydrogens is 496 g/mol. The molecule has 3 unspecified atom stereocenters. The number of aliphatic hydroxyl groups is 1. The Balaban J connectivity index is 1.36.